The number of allylic oxidation sites excluding steroid dienone is 14. The first kappa shape index (κ1) is 51.2. The molecule has 0 rings (SSSR count). The van der Waals surface area contributed by atoms with Crippen LogP contribution in [0.2, 0.25) is 0 Å². The average Bonchev–Trinajstić information content (AvgIpc) is 3.16. The van der Waals surface area contributed by atoms with Gasteiger partial charge in [0, 0.05) is 19.4 Å². The van der Waals surface area contributed by atoms with E-state index >= 15 is 0 Å². The van der Waals surface area contributed by atoms with Gasteiger partial charge in [0.05, 0.1) is 13.2 Å². The number of carbonyl (C=O) groups is 2. The molecule has 0 amide bonds. The fraction of sp³-hybridized carbons (Fsp3) is 0.636. The van der Waals surface area contributed by atoms with Crippen LogP contribution in [0.15, 0.2) is 85.1 Å². The molecule has 0 saturated carbocycles. The van der Waals surface area contributed by atoms with E-state index in [4.69, 9.17) is 24.3 Å². The Hall–Kier alpha value is -2.81. The Morgan fingerprint density at radius 2 is 1.02 bits per heavy atom. The summed E-state index contributed by atoms with van der Waals surface area (Å²) in [5, 5.41) is 0. The lowest BCUT2D eigenvalue weighted by Crippen LogP contribution is -2.29. The van der Waals surface area contributed by atoms with E-state index < -0.39 is 32.5 Å². The summed E-state index contributed by atoms with van der Waals surface area (Å²) in [7, 11) is -4.39. The topological polar surface area (TPSA) is 134 Å². The zero-order chi connectivity index (χ0) is 39.6. The van der Waals surface area contributed by atoms with Crippen LogP contribution >= 0.6 is 7.82 Å². The third-order valence-electron chi connectivity index (χ3n) is 8.02. The van der Waals surface area contributed by atoms with Crippen LogP contribution in [0.5, 0.6) is 0 Å². The first-order valence-electron chi connectivity index (χ1n) is 20.6. The summed E-state index contributed by atoms with van der Waals surface area (Å²) in [5.41, 5.74) is 5.33. The molecule has 3 N–H and O–H groups in total. The number of hydrogen-bond acceptors (Lipinski definition) is 8. The first-order chi connectivity index (χ1) is 26.3. The van der Waals surface area contributed by atoms with Gasteiger partial charge in [0.1, 0.15) is 6.61 Å². The highest BCUT2D eigenvalue weighted by Gasteiger charge is 2.25. The van der Waals surface area contributed by atoms with Gasteiger partial charge in [-0.25, -0.2) is 4.57 Å². The summed E-state index contributed by atoms with van der Waals surface area (Å²) in [5.74, 6) is -0.900. The van der Waals surface area contributed by atoms with Gasteiger partial charge in [0.15, 0.2) is 6.10 Å². The number of unbranched alkanes of at least 4 members (excludes halogenated alkanes) is 10. The number of ether oxygens (including phenoxy) is 2. The second kappa shape index (κ2) is 39.9. The number of phosphoric acid groups is 1. The minimum absolute atomic E-state index is 0.0404. The highest BCUT2D eigenvalue weighted by Crippen LogP contribution is 2.43. The van der Waals surface area contributed by atoms with Gasteiger partial charge < -0.3 is 20.1 Å². The molecule has 0 aromatic heterocycles. The van der Waals surface area contributed by atoms with E-state index in [0.717, 1.165) is 89.9 Å². The lowest BCUT2D eigenvalue weighted by molar-refractivity contribution is -0.161. The van der Waals surface area contributed by atoms with Crippen LogP contribution in [-0.2, 0) is 32.7 Å². The SMILES string of the molecule is CC/C=C\C/C=C\C/C=C\C/C=C\C/C=C\C/C=C\CCCCC(=O)OC(COC(=O)CCCCCCC/C=C\CCCCC)COP(=O)(O)OCCN. The van der Waals surface area contributed by atoms with Crippen molar-refractivity contribution < 1.29 is 37.6 Å². The predicted molar refractivity (Wildman–Crippen MR) is 224 cm³/mol. The predicted octanol–water partition coefficient (Wildman–Crippen LogP) is 11.7. The molecule has 308 valence electrons. The first-order valence-corrected chi connectivity index (χ1v) is 22.1. The molecule has 0 aliphatic carbocycles. The molecule has 0 radical (unpaired) electrons. The van der Waals surface area contributed by atoms with E-state index in [0.29, 0.717) is 12.8 Å². The van der Waals surface area contributed by atoms with Crippen molar-refractivity contribution in [2.45, 2.75) is 155 Å². The fourth-order valence-corrected chi connectivity index (χ4v) is 5.75. The minimum atomic E-state index is -4.39. The largest absolute Gasteiger partial charge is 0.472 e. The molecule has 2 atom stereocenters. The molecule has 0 fully saturated rings. The van der Waals surface area contributed by atoms with Gasteiger partial charge in [-0.1, -0.05) is 131 Å². The zero-order valence-corrected chi connectivity index (χ0v) is 34.6. The van der Waals surface area contributed by atoms with Gasteiger partial charge in [-0.3, -0.25) is 18.6 Å². The normalized spacial score (nSPS) is 14.2. The minimum Gasteiger partial charge on any atom is -0.462 e. The molecule has 0 bridgehead atoms. The van der Waals surface area contributed by atoms with Gasteiger partial charge >= 0.3 is 19.8 Å². The molecular formula is C44H74NO8P. The van der Waals surface area contributed by atoms with Crippen molar-refractivity contribution in [2.24, 2.45) is 5.73 Å². The third kappa shape index (κ3) is 38.9. The van der Waals surface area contributed by atoms with Crippen LogP contribution in [0, 0.1) is 0 Å². The van der Waals surface area contributed by atoms with Gasteiger partial charge in [-0.2, -0.15) is 0 Å². The van der Waals surface area contributed by atoms with Crippen molar-refractivity contribution in [1.29, 1.82) is 0 Å². The molecule has 2 unspecified atom stereocenters. The molecule has 0 aliphatic heterocycles. The molecule has 0 heterocycles. The Morgan fingerprint density at radius 3 is 1.57 bits per heavy atom. The summed E-state index contributed by atoms with van der Waals surface area (Å²) >= 11 is 0. The molecule has 54 heavy (non-hydrogen) atoms. The monoisotopic (exact) mass is 776 g/mol. The van der Waals surface area contributed by atoms with Crippen LogP contribution in [0.25, 0.3) is 0 Å². The van der Waals surface area contributed by atoms with Gasteiger partial charge in [0.25, 0.3) is 0 Å². The quantitative estimate of drug-likeness (QED) is 0.0274. The Kier molecular flexibility index (Phi) is 37.8. The summed E-state index contributed by atoms with van der Waals surface area (Å²) in [6.45, 7) is 3.50. The van der Waals surface area contributed by atoms with Crippen LogP contribution in [0.3, 0.4) is 0 Å². The lowest BCUT2D eigenvalue weighted by Gasteiger charge is -2.19. The van der Waals surface area contributed by atoms with Crippen LogP contribution in [0.4, 0.5) is 0 Å². The maximum absolute atomic E-state index is 12.6. The molecule has 0 spiro atoms. The molecule has 10 heteroatoms. The van der Waals surface area contributed by atoms with E-state index in [9.17, 15) is 19.0 Å². The third-order valence-corrected chi connectivity index (χ3v) is 9.00. The van der Waals surface area contributed by atoms with Crippen molar-refractivity contribution in [3.8, 4) is 0 Å². The summed E-state index contributed by atoms with van der Waals surface area (Å²) in [6.07, 6.45) is 49.0. The highest BCUT2D eigenvalue weighted by atomic mass is 31.2. The smallest absolute Gasteiger partial charge is 0.462 e. The Morgan fingerprint density at radius 1 is 0.574 bits per heavy atom. The molecule has 0 saturated heterocycles. The fourth-order valence-electron chi connectivity index (χ4n) is 4.98. The van der Waals surface area contributed by atoms with E-state index in [1.807, 2.05) is 0 Å². The van der Waals surface area contributed by atoms with Gasteiger partial charge in [-0.05, 0) is 89.9 Å². The highest BCUT2D eigenvalue weighted by molar-refractivity contribution is 7.47. The summed E-state index contributed by atoms with van der Waals surface area (Å²) in [6, 6.07) is 0. The number of carbonyl (C=O) groups excluding carboxylic acids is 2. The van der Waals surface area contributed by atoms with Crippen LogP contribution in [0.1, 0.15) is 149 Å². The van der Waals surface area contributed by atoms with Crippen molar-refractivity contribution in [1.82, 2.24) is 0 Å². The zero-order valence-electron chi connectivity index (χ0n) is 33.7. The number of hydrogen-bond donors (Lipinski definition) is 2. The molecule has 0 aromatic carbocycles. The summed E-state index contributed by atoms with van der Waals surface area (Å²) < 4.78 is 32.6. The van der Waals surface area contributed by atoms with Crippen molar-refractivity contribution in [3.05, 3.63) is 85.1 Å². The lowest BCUT2D eigenvalue weighted by atomic mass is 10.1. The Balaban J connectivity index is 4.30. The Labute approximate surface area is 328 Å². The second-order valence-electron chi connectivity index (χ2n) is 13.1. The van der Waals surface area contributed by atoms with E-state index in [1.54, 1.807) is 0 Å². The van der Waals surface area contributed by atoms with Crippen LogP contribution in [-0.4, -0.2) is 49.3 Å². The number of phosphoric ester groups is 1. The summed E-state index contributed by atoms with van der Waals surface area (Å²) in [4.78, 5) is 34.8. The maximum atomic E-state index is 12.6. The van der Waals surface area contributed by atoms with Crippen molar-refractivity contribution >= 4 is 19.8 Å². The molecular weight excluding hydrogens is 701 g/mol. The molecule has 9 nitrogen and oxygen atoms in total. The van der Waals surface area contributed by atoms with Crippen molar-refractivity contribution in [2.75, 3.05) is 26.4 Å². The number of esters is 2. The van der Waals surface area contributed by atoms with E-state index in [-0.39, 0.29) is 32.6 Å². The van der Waals surface area contributed by atoms with E-state index in [2.05, 4.69) is 98.9 Å². The van der Waals surface area contributed by atoms with Gasteiger partial charge in [-0.15, -0.1) is 0 Å². The van der Waals surface area contributed by atoms with Crippen molar-refractivity contribution in [3.63, 3.8) is 0 Å². The van der Waals surface area contributed by atoms with E-state index in [1.165, 1.54) is 19.3 Å². The number of nitrogens with two attached hydrogens (primary N) is 1. The van der Waals surface area contributed by atoms with Crippen LogP contribution < -0.4 is 5.73 Å². The van der Waals surface area contributed by atoms with Gasteiger partial charge in [0.2, 0.25) is 0 Å². The average molecular weight is 776 g/mol. The maximum Gasteiger partial charge on any atom is 0.472 e. The number of rotatable bonds is 37. The standard InChI is InChI=1S/C44H74NO8P/c1-3-5-7-9-11-13-15-17-18-19-20-21-22-23-24-25-27-29-31-33-35-37-44(47)53-42(41-52-54(48,49)51-39-38-45)40-50-43(46)36-34-32-30-28-26-16-14-12-10-8-6-4-2/h5,7,11-14,17-18,20-21,23-24,27,29,42H,3-4,6,8-10,15-16,19,22,25-26,28,30-41,45H2,1-2H3,(H,48,49)/b7-5-,13-11-,14-12-,18-17-,21-20-,24-23-,29-27-. The molecule has 0 aliphatic rings. The molecule has 0 aromatic rings. The second-order valence-corrected chi connectivity index (χ2v) is 14.6. The Bertz CT molecular complexity index is 1160.